The average molecular weight is 498 g/mol. The Labute approximate surface area is 210 Å². The highest BCUT2D eigenvalue weighted by Gasteiger charge is 2.16. The smallest absolute Gasteiger partial charge is 0.260 e. The number of thiophene rings is 1. The first kappa shape index (κ1) is 22.1. The predicted octanol–water partition coefficient (Wildman–Crippen LogP) is 6.41. The molecule has 0 saturated heterocycles. The minimum absolute atomic E-state index is 0.144. The van der Waals surface area contributed by atoms with Crippen molar-refractivity contribution >= 4 is 55.7 Å². The number of carbonyl (C=O) groups excluding carboxylic acids is 1. The Bertz CT molecular complexity index is 1640. The van der Waals surface area contributed by atoms with E-state index in [1.807, 2.05) is 47.8 Å². The highest BCUT2D eigenvalue weighted by molar-refractivity contribution is 7.99. The van der Waals surface area contributed by atoms with E-state index in [1.165, 1.54) is 47.1 Å². The minimum Gasteiger partial charge on any atom is -0.325 e. The van der Waals surface area contributed by atoms with E-state index in [-0.39, 0.29) is 17.2 Å². The molecule has 0 atom stereocenters. The molecule has 6 rings (SSSR count). The molecule has 0 aliphatic heterocycles. The molecule has 0 bridgehead atoms. The van der Waals surface area contributed by atoms with E-state index in [2.05, 4.69) is 33.5 Å². The second-order valence-corrected chi connectivity index (χ2v) is 10.6. The van der Waals surface area contributed by atoms with Gasteiger partial charge in [0.25, 0.3) is 5.56 Å². The number of nitrogens with one attached hydrogen (secondary N) is 2. The van der Waals surface area contributed by atoms with E-state index in [0.717, 1.165) is 40.4 Å². The molecule has 3 aromatic carbocycles. The molecular weight excluding hydrogens is 474 g/mol. The molecule has 35 heavy (non-hydrogen) atoms. The Morgan fingerprint density at radius 3 is 2.71 bits per heavy atom. The Morgan fingerprint density at radius 1 is 1.00 bits per heavy atom. The maximum atomic E-state index is 13.0. The Morgan fingerprint density at radius 2 is 1.83 bits per heavy atom. The number of H-pyrrole nitrogens is 1. The van der Waals surface area contributed by atoms with Gasteiger partial charge < -0.3 is 10.3 Å². The first-order chi connectivity index (χ1) is 17.1. The van der Waals surface area contributed by atoms with Crippen LogP contribution in [0.15, 0.2) is 76.0 Å². The first-order valence-corrected chi connectivity index (χ1v) is 13.6. The standard InChI is InChI=1S/C28H23N3O2S2/c32-24(29-22-12-11-18-6-2-4-8-20(18)14-22)16-35-28-30-26(33)25-23(15-34-27(25)31-28)21-10-9-17-5-1-3-7-19(17)13-21/h2,4,6,8-15H,1,3,5,7,16H2,(H,29,32)(H,30,31,33). The minimum atomic E-state index is -0.165. The number of anilines is 1. The van der Waals surface area contributed by atoms with E-state index in [9.17, 15) is 9.59 Å². The molecule has 0 unspecified atom stereocenters. The molecule has 2 N–H and O–H groups in total. The number of hydrogen-bond donors (Lipinski definition) is 2. The lowest BCUT2D eigenvalue weighted by Crippen LogP contribution is -2.15. The zero-order chi connectivity index (χ0) is 23.8. The monoisotopic (exact) mass is 497 g/mol. The van der Waals surface area contributed by atoms with Gasteiger partial charge in [-0.1, -0.05) is 60.3 Å². The van der Waals surface area contributed by atoms with Gasteiger partial charge in [-0.05, 0) is 65.3 Å². The molecule has 1 aliphatic rings. The summed E-state index contributed by atoms with van der Waals surface area (Å²) < 4.78 is 0. The number of amides is 1. The van der Waals surface area contributed by atoms with Crippen molar-refractivity contribution in [1.29, 1.82) is 0 Å². The van der Waals surface area contributed by atoms with E-state index in [4.69, 9.17) is 0 Å². The van der Waals surface area contributed by atoms with Crippen molar-refractivity contribution in [3.63, 3.8) is 0 Å². The van der Waals surface area contributed by atoms with Crippen LogP contribution < -0.4 is 10.9 Å². The molecule has 0 fully saturated rings. The third-order valence-electron chi connectivity index (χ3n) is 6.45. The van der Waals surface area contributed by atoms with Gasteiger partial charge in [-0.25, -0.2) is 4.98 Å². The van der Waals surface area contributed by atoms with Gasteiger partial charge in [0.15, 0.2) is 5.16 Å². The van der Waals surface area contributed by atoms with Crippen molar-refractivity contribution in [2.75, 3.05) is 11.1 Å². The van der Waals surface area contributed by atoms with Gasteiger partial charge in [0.1, 0.15) is 4.83 Å². The fourth-order valence-corrected chi connectivity index (χ4v) is 6.38. The predicted molar refractivity (Wildman–Crippen MR) is 146 cm³/mol. The fourth-order valence-electron chi connectivity index (χ4n) is 4.71. The van der Waals surface area contributed by atoms with Crippen LogP contribution in [0.5, 0.6) is 0 Å². The van der Waals surface area contributed by atoms with Crippen LogP contribution in [0.25, 0.3) is 32.1 Å². The van der Waals surface area contributed by atoms with Gasteiger partial charge in [-0.3, -0.25) is 9.59 Å². The molecular formula is C28H23N3O2S2. The fraction of sp³-hybridized carbons (Fsp3) is 0.179. The zero-order valence-electron chi connectivity index (χ0n) is 19.0. The van der Waals surface area contributed by atoms with Gasteiger partial charge >= 0.3 is 0 Å². The molecule has 5 aromatic rings. The number of carbonyl (C=O) groups is 1. The largest absolute Gasteiger partial charge is 0.325 e. The lowest BCUT2D eigenvalue weighted by molar-refractivity contribution is -0.113. The van der Waals surface area contributed by atoms with E-state index in [0.29, 0.717) is 15.4 Å². The molecule has 0 spiro atoms. The van der Waals surface area contributed by atoms with Crippen LogP contribution in [-0.4, -0.2) is 21.6 Å². The van der Waals surface area contributed by atoms with E-state index >= 15 is 0 Å². The second kappa shape index (κ2) is 9.32. The van der Waals surface area contributed by atoms with Crippen molar-refractivity contribution in [2.24, 2.45) is 0 Å². The van der Waals surface area contributed by atoms with Gasteiger partial charge in [0.2, 0.25) is 5.91 Å². The van der Waals surface area contributed by atoms with Crippen LogP contribution in [0.1, 0.15) is 24.0 Å². The summed E-state index contributed by atoms with van der Waals surface area (Å²) in [4.78, 5) is 33.7. The molecule has 0 saturated carbocycles. The topological polar surface area (TPSA) is 74.8 Å². The van der Waals surface area contributed by atoms with Crippen LogP contribution in [0.4, 0.5) is 5.69 Å². The third-order valence-corrected chi connectivity index (χ3v) is 8.20. The van der Waals surface area contributed by atoms with Gasteiger partial charge in [-0.2, -0.15) is 0 Å². The lowest BCUT2D eigenvalue weighted by atomic mass is 9.89. The number of aromatic nitrogens is 2. The average Bonchev–Trinajstić information content (AvgIpc) is 3.32. The van der Waals surface area contributed by atoms with Crippen molar-refractivity contribution in [3.8, 4) is 11.1 Å². The Kier molecular flexibility index (Phi) is 5.88. The maximum absolute atomic E-state index is 13.0. The van der Waals surface area contributed by atoms with Gasteiger partial charge in [-0.15, -0.1) is 11.3 Å². The molecule has 2 aromatic heterocycles. The van der Waals surface area contributed by atoms with Crippen LogP contribution in [0.2, 0.25) is 0 Å². The number of rotatable bonds is 5. The quantitative estimate of drug-likeness (QED) is 0.217. The van der Waals surface area contributed by atoms with Crippen LogP contribution >= 0.6 is 23.1 Å². The molecule has 1 aliphatic carbocycles. The van der Waals surface area contributed by atoms with Crippen LogP contribution in [-0.2, 0) is 17.6 Å². The van der Waals surface area contributed by atoms with Crippen molar-refractivity contribution in [2.45, 2.75) is 30.8 Å². The summed E-state index contributed by atoms with van der Waals surface area (Å²) in [5, 5.41) is 8.21. The number of aryl methyl sites for hydroxylation is 2. The second-order valence-electron chi connectivity index (χ2n) is 8.79. The summed E-state index contributed by atoms with van der Waals surface area (Å²) in [6.07, 6.45) is 4.70. The maximum Gasteiger partial charge on any atom is 0.260 e. The number of hydrogen-bond acceptors (Lipinski definition) is 5. The van der Waals surface area contributed by atoms with Crippen molar-refractivity contribution < 1.29 is 4.79 Å². The molecule has 5 nitrogen and oxygen atoms in total. The number of fused-ring (bicyclic) bond motifs is 3. The summed E-state index contributed by atoms with van der Waals surface area (Å²) in [6, 6.07) is 20.4. The summed E-state index contributed by atoms with van der Waals surface area (Å²) in [5.74, 6) is 0.0126. The molecule has 174 valence electrons. The molecule has 1 amide bonds. The normalized spacial score (nSPS) is 13.1. The zero-order valence-corrected chi connectivity index (χ0v) is 20.6. The number of aromatic amines is 1. The van der Waals surface area contributed by atoms with Crippen molar-refractivity contribution in [1.82, 2.24) is 9.97 Å². The number of benzene rings is 3. The van der Waals surface area contributed by atoms with Crippen molar-refractivity contribution in [3.05, 3.63) is 87.5 Å². The van der Waals surface area contributed by atoms with E-state index < -0.39 is 0 Å². The number of thioether (sulfide) groups is 1. The molecule has 7 heteroatoms. The van der Waals surface area contributed by atoms with Crippen LogP contribution in [0.3, 0.4) is 0 Å². The summed E-state index contributed by atoms with van der Waals surface area (Å²) >= 11 is 2.70. The van der Waals surface area contributed by atoms with Gasteiger partial charge in [0.05, 0.1) is 11.1 Å². The third kappa shape index (κ3) is 4.49. The Hall–Kier alpha value is -3.42. The Balaban J connectivity index is 1.19. The highest BCUT2D eigenvalue weighted by Crippen LogP contribution is 2.34. The summed E-state index contributed by atoms with van der Waals surface area (Å²) in [7, 11) is 0. The van der Waals surface area contributed by atoms with Gasteiger partial charge in [0, 0.05) is 16.6 Å². The highest BCUT2D eigenvalue weighted by atomic mass is 32.2. The van der Waals surface area contributed by atoms with E-state index in [1.54, 1.807) is 0 Å². The SMILES string of the molecule is O=C(CSc1nc2scc(-c3ccc4c(c3)CCCC4)c2c(=O)[nH]1)Nc1ccc2ccccc2c1. The lowest BCUT2D eigenvalue weighted by Gasteiger charge is -2.16. The molecule has 2 heterocycles. The summed E-state index contributed by atoms with van der Waals surface area (Å²) in [5.41, 5.74) is 5.40. The first-order valence-electron chi connectivity index (χ1n) is 11.7. The summed E-state index contributed by atoms with van der Waals surface area (Å²) in [6.45, 7) is 0. The van der Waals surface area contributed by atoms with Crippen LogP contribution in [0, 0.1) is 0 Å². The molecule has 0 radical (unpaired) electrons. The number of nitrogens with zero attached hydrogens (tertiary/aromatic N) is 1.